The molecule has 5 heteroatoms. The van der Waals surface area contributed by atoms with Crippen LogP contribution in [0.2, 0.25) is 5.02 Å². The first-order chi connectivity index (χ1) is 14.1. The number of hydrogen-bond donors (Lipinski definition) is 1. The molecule has 4 nitrogen and oxygen atoms in total. The molecule has 0 aliphatic carbocycles. The number of halogens is 1. The zero-order valence-electron chi connectivity index (χ0n) is 18.7. The zero-order chi connectivity index (χ0) is 22.3. The molecule has 162 valence electrons. The van der Waals surface area contributed by atoms with E-state index in [1.807, 2.05) is 32.9 Å². The Bertz CT molecular complexity index is 839. The minimum absolute atomic E-state index is 0.0407. The lowest BCUT2D eigenvalue weighted by atomic mass is 10.0. The lowest BCUT2D eigenvalue weighted by Crippen LogP contribution is -2.52. The van der Waals surface area contributed by atoms with Gasteiger partial charge in [0.25, 0.3) is 0 Å². The van der Waals surface area contributed by atoms with Crippen LogP contribution >= 0.6 is 11.6 Å². The van der Waals surface area contributed by atoms with Crippen molar-refractivity contribution in [3.8, 4) is 0 Å². The summed E-state index contributed by atoms with van der Waals surface area (Å²) in [7, 11) is 0. The molecule has 0 saturated heterocycles. The third kappa shape index (κ3) is 7.49. The molecule has 0 aliphatic heterocycles. The van der Waals surface area contributed by atoms with E-state index in [0.29, 0.717) is 24.4 Å². The van der Waals surface area contributed by atoms with Gasteiger partial charge in [-0.05, 0) is 69.4 Å². The zero-order valence-corrected chi connectivity index (χ0v) is 19.4. The molecular formula is C25H33ClN2O2. The summed E-state index contributed by atoms with van der Waals surface area (Å²) in [4.78, 5) is 27.6. The lowest BCUT2D eigenvalue weighted by molar-refractivity contribution is -0.141. The average Bonchev–Trinajstić information content (AvgIpc) is 2.70. The normalized spacial score (nSPS) is 12.3. The van der Waals surface area contributed by atoms with Crippen molar-refractivity contribution in [1.82, 2.24) is 10.2 Å². The molecular weight excluding hydrogens is 396 g/mol. The van der Waals surface area contributed by atoms with Gasteiger partial charge in [-0.2, -0.15) is 0 Å². The van der Waals surface area contributed by atoms with Gasteiger partial charge in [-0.25, -0.2) is 0 Å². The van der Waals surface area contributed by atoms with Crippen molar-refractivity contribution in [1.29, 1.82) is 0 Å². The van der Waals surface area contributed by atoms with Crippen molar-refractivity contribution in [2.24, 2.45) is 0 Å². The fourth-order valence-electron chi connectivity index (χ4n) is 3.18. The summed E-state index contributed by atoms with van der Waals surface area (Å²) < 4.78 is 0. The summed E-state index contributed by atoms with van der Waals surface area (Å²) >= 11 is 5.99. The highest BCUT2D eigenvalue weighted by atomic mass is 35.5. The number of nitrogens with zero attached hydrogens (tertiary/aromatic N) is 1. The van der Waals surface area contributed by atoms with Gasteiger partial charge in [-0.15, -0.1) is 0 Å². The Morgan fingerprint density at radius 2 is 1.50 bits per heavy atom. The maximum absolute atomic E-state index is 13.1. The van der Waals surface area contributed by atoms with Gasteiger partial charge in [0, 0.05) is 23.5 Å². The molecule has 0 aromatic heterocycles. The molecule has 0 aliphatic rings. The van der Waals surface area contributed by atoms with Crippen molar-refractivity contribution in [2.45, 2.75) is 72.0 Å². The fraction of sp³-hybridized carbons (Fsp3) is 0.440. The van der Waals surface area contributed by atoms with E-state index in [4.69, 9.17) is 11.6 Å². The van der Waals surface area contributed by atoms with Gasteiger partial charge in [0.2, 0.25) is 11.8 Å². The number of amides is 2. The third-order valence-corrected chi connectivity index (χ3v) is 5.24. The highest BCUT2D eigenvalue weighted by molar-refractivity contribution is 6.30. The van der Waals surface area contributed by atoms with Crippen LogP contribution in [-0.2, 0) is 29.0 Å². The predicted octanol–water partition coefficient (Wildman–Crippen LogP) is 5.17. The van der Waals surface area contributed by atoms with Gasteiger partial charge in [0.1, 0.15) is 6.04 Å². The predicted molar refractivity (Wildman–Crippen MR) is 124 cm³/mol. The Kier molecular flexibility index (Phi) is 8.48. The van der Waals surface area contributed by atoms with Gasteiger partial charge < -0.3 is 10.2 Å². The lowest BCUT2D eigenvalue weighted by Gasteiger charge is -2.31. The molecule has 1 atom stereocenters. The second kappa shape index (κ2) is 10.6. The summed E-state index contributed by atoms with van der Waals surface area (Å²) in [5.74, 6) is -0.196. The molecule has 2 rings (SSSR count). The molecule has 1 N–H and O–H groups in total. The third-order valence-electron chi connectivity index (χ3n) is 4.99. The summed E-state index contributed by atoms with van der Waals surface area (Å²) in [6, 6.07) is 15.2. The molecule has 0 spiro atoms. The van der Waals surface area contributed by atoms with Crippen LogP contribution in [-0.4, -0.2) is 28.3 Å². The quantitative estimate of drug-likeness (QED) is 0.630. The monoisotopic (exact) mass is 428 g/mol. The van der Waals surface area contributed by atoms with E-state index < -0.39 is 6.04 Å². The topological polar surface area (TPSA) is 49.4 Å². The Balaban J connectivity index is 2.14. The van der Waals surface area contributed by atoms with Crippen LogP contribution in [0.15, 0.2) is 48.5 Å². The SMILES string of the molecule is CCc1ccc(CCC(=O)N(Cc2ccc(Cl)cc2)C(C)C(=O)NC(C)(C)C)cc1. The second-order valence-corrected chi connectivity index (χ2v) is 9.17. The number of carbonyl (C=O) groups is 2. The first-order valence-electron chi connectivity index (χ1n) is 10.5. The van der Waals surface area contributed by atoms with Crippen LogP contribution in [0.5, 0.6) is 0 Å². The van der Waals surface area contributed by atoms with E-state index in [-0.39, 0.29) is 17.4 Å². The van der Waals surface area contributed by atoms with E-state index in [1.54, 1.807) is 24.0 Å². The van der Waals surface area contributed by atoms with Crippen molar-refractivity contribution in [3.63, 3.8) is 0 Å². The molecule has 0 heterocycles. The van der Waals surface area contributed by atoms with Crippen LogP contribution < -0.4 is 5.32 Å². The minimum Gasteiger partial charge on any atom is -0.350 e. The highest BCUT2D eigenvalue weighted by Gasteiger charge is 2.28. The van der Waals surface area contributed by atoms with Gasteiger partial charge in [-0.3, -0.25) is 9.59 Å². The molecule has 0 bridgehead atoms. The maximum Gasteiger partial charge on any atom is 0.242 e. The van der Waals surface area contributed by atoms with E-state index >= 15 is 0 Å². The number of aryl methyl sites for hydroxylation is 2. The second-order valence-electron chi connectivity index (χ2n) is 8.73. The van der Waals surface area contributed by atoms with E-state index in [1.165, 1.54) is 5.56 Å². The first-order valence-corrected chi connectivity index (χ1v) is 10.9. The highest BCUT2D eigenvalue weighted by Crippen LogP contribution is 2.16. The Morgan fingerprint density at radius 1 is 0.967 bits per heavy atom. The molecule has 2 aromatic carbocycles. The molecule has 0 saturated carbocycles. The van der Waals surface area contributed by atoms with Gasteiger partial charge in [0.15, 0.2) is 0 Å². The van der Waals surface area contributed by atoms with Crippen molar-refractivity contribution < 1.29 is 9.59 Å². The largest absolute Gasteiger partial charge is 0.350 e. The van der Waals surface area contributed by atoms with E-state index in [9.17, 15) is 9.59 Å². The molecule has 30 heavy (non-hydrogen) atoms. The standard InChI is InChI=1S/C25H33ClN2O2/c1-6-19-7-9-20(10-8-19)13-16-23(29)28(17-21-11-14-22(26)15-12-21)18(2)24(30)27-25(3,4)5/h7-12,14-15,18H,6,13,16-17H2,1-5H3,(H,27,30). The summed E-state index contributed by atoms with van der Waals surface area (Å²) in [5.41, 5.74) is 2.98. The van der Waals surface area contributed by atoms with Crippen molar-refractivity contribution in [3.05, 3.63) is 70.2 Å². The first kappa shape index (κ1) is 23.9. The smallest absolute Gasteiger partial charge is 0.242 e. The van der Waals surface area contributed by atoms with Crippen LogP contribution in [0, 0.1) is 0 Å². The fourth-order valence-corrected chi connectivity index (χ4v) is 3.31. The number of carbonyl (C=O) groups excluding carboxylic acids is 2. The molecule has 1 unspecified atom stereocenters. The maximum atomic E-state index is 13.1. The number of benzene rings is 2. The molecule has 2 amide bonds. The number of nitrogens with one attached hydrogen (secondary N) is 1. The van der Waals surface area contributed by atoms with Crippen molar-refractivity contribution >= 4 is 23.4 Å². The number of rotatable bonds is 8. The molecule has 0 fully saturated rings. The summed E-state index contributed by atoms with van der Waals surface area (Å²) in [6.07, 6.45) is 1.99. The van der Waals surface area contributed by atoms with Crippen LogP contribution in [0.3, 0.4) is 0 Å². The molecule has 0 radical (unpaired) electrons. The Labute approximate surface area is 185 Å². The van der Waals surface area contributed by atoms with Gasteiger partial charge >= 0.3 is 0 Å². The van der Waals surface area contributed by atoms with E-state index in [2.05, 4.69) is 36.5 Å². The van der Waals surface area contributed by atoms with Crippen LogP contribution in [0.25, 0.3) is 0 Å². The summed E-state index contributed by atoms with van der Waals surface area (Å²) in [5, 5.41) is 3.63. The Morgan fingerprint density at radius 3 is 2.03 bits per heavy atom. The van der Waals surface area contributed by atoms with Gasteiger partial charge in [-0.1, -0.05) is 54.9 Å². The van der Waals surface area contributed by atoms with Gasteiger partial charge in [0.05, 0.1) is 0 Å². The molecule has 2 aromatic rings. The summed E-state index contributed by atoms with van der Waals surface area (Å²) in [6.45, 7) is 10.1. The van der Waals surface area contributed by atoms with Crippen LogP contribution in [0.4, 0.5) is 0 Å². The Hall–Kier alpha value is -2.33. The minimum atomic E-state index is -0.574. The number of hydrogen-bond acceptors (Lipinski definition) is 2. The van der Waals surface area contributed by atoms with Crippen molar-refractivity contribution in [2.75, 3.05) is 0 Å². The van der Waals surface area contributed by atoms with Crippen LogP contribution in [0.1, 0.15) is 57.7 Å². The average molecular weight is 429 g/mol. The van der Waals surface area contributed by atoms with E-state index in [0.717, 1.165) is 17.5 Å².